The fourth-order valence-corrected chi connectivity index (χ4v) is 3.83. The highest BCUT2D eigenvalue weighted by molar-refractivity contribution is 7.22. The number of aromatic nitrogens is 4. The zero-order chi connectivity index (χ0) is 14.4. The molecule has 108 valence electrons. The van der Waals surface area contributed by atoms with Gasteiger partial charge in [-0.05, 0) is 32.4 Å². The summed E-state index contributed by atoms with van der Waals surface area (Å²) in [6.45, 7) is 2.95. The van der Waals surface area contributed by atoms with Crippen LogP contribution in [0.15, 0.2) is 17.1 Å². The van der Waals surface area contributed by atoms with Crippen LogP contribution in [0.5, 0.6) is 0 Å². The van der Waals surface area contributed by atoms with Gasteiger partial charge < -0.3 is 10.3 Å². The van der Waals surface area contributed by atoms with Gasteiger partial charge in [0.25, 0.3) is 5.56 Å². The monoisotopic (exact) mass is 301 g/mol. The maximum atomic E-state index is 12.3. The van der Waals surface area contributed by atoms with Crippen LogP contribution in [0.3, 0.4) is 0 Å². The van der Waals surface area contributed by atoms with Gasteiger partial charge in [0.1, 0.15) is 10.5 Å². The number of nitrogens with zero attached hydrogens (tertiary/aromatic N) is 2. The highest BCUT2D eigenvalue weighted by Crippen LogP contribution is 2.32. The summed E-state index contributed by atoms with van der Waals surface area (Å²) in [6.07, 6.45) is 3.93. The summed E-state index contributed by atoms with van der Waals surface area (Å²) in [7, 11) is 0. The quantitative estimate of drug-likeness (QED) is 0.676. The molecule has 1 aliphatic rings. The molecule has 3 N–H and O–H groups in total. The lowest BCUT2D eigenvalue weighted by atomic mass is 10.2. The fraction of sp³-hybridized carbons (Fsp3) is 0.357. The van der Waals surface area contributed by atoms with E-state index in [0.29, 0.717) is 4.70 Å². The van der Waals surface area contributed by atoms with Crippen LogP contribution >= 0.6 is 11.3 Å². The van der Waals surface area contributed by atoms with Gasteiger partial charge in [0.05, 0.1) is 17.8 Å². The molecule has 6 nitrogen and oxygen atoms in total. The van der Waals surface area contributed by atoms with Crippen molar-refractivity contribution < 1.29 is 0 Å². The lowest BCUT2D eigenvalue weighted by molar-refractivity contribution is 0.606. The molecular formula is C14H15N5OS. The standard InChI is InChI=1S/C14H15N5OS/c1-7-8(6-16-19-7)11-5-10-12(21-11)14(20)18-13(17-10)9-3-2-4-15-9/h5-6,9,15H,2-4H2,1H3,(H,16,19)(H,17,18,20). The maximum absolute atomic E-state index is 12.3. The van der Waals surface area contributed by atoms with Crippen LogP contribution in [0.25, 0.3) is 20.7 Å². The summed E-state index contributed by atoms with van der Waals surface area (Å²) in [5, 5.41) is 10.3. The van der Waals surface area contributed by atoms with Crippen molar-refractivity contribution in [2.45, 2.75) is 25.8 Å². The van der Waals surface area contributed by atoms with Gasteiger partial charge >= 0.3 is 0 Å². The van der Waals surface area contributed by atoms with Gasteiger partial charge in [-0.15, -0.1) is 11.3 Å². The van der Waals surface area contributed by atoms with E-state index in [1.165, 1.54) is 11.3 Å². The Balaban J connectivity index is 1.85. The third kappa shape index (κ3) is 2.09. The van der Waals surface area contributed by atoms with Gasteiger partial charge in [-0.1, -0.05) is 0 Å². The number of hydrogen-bond donors (Lipinski definition) is 3. The Hall–Kier alpha value is -1.99. The van der Waals surface area contributed by atoms with Crippen LogP contribution in [0.1, 0.15) is 30.4 Å². The minimum absolute atomic E-state index is 0.0545. The average molecular weight is 301 g/mol. The Morgan fingerprint density at radius 2 is 2.33 bits per heavy atom. The first-order valence-electron chi connectivity index (χ1n) is 7.00. The number of fused-ring (bicyclic) bond motifs is 1. The number of aryl methyl sites for hydroxylation is 1. The largest absolute Gasteiger partial charge is 0.308 e. The Kier molecular flexibility index (Phi) is 2.90. The first kappa shape index (κ1) is 12.7. The van der Waals surface area contributed by atoms with Crippen molar-refractivity contribution in [1.29, 1.82) is 0 Å². The summed E-state index contributed by atoms with van der Waals surface area (Å²) in [6, 6.07) is 2.15. The molecule has 1 unspecified atom stereocenters. The highest BCUT2D eigenvalue weighted by Gasteiger charge is 2.20. The van der Waals surface area contributed by atoms with Crippen molar-refractivity contribution in [1.82, 2.24) is 25.5 Å². The van der Waals surface area contributed by atoms with Crippen LogP contribution in [0.4, 0.5) is 0 Å². The van der Waals surface area contributed by atoms with Gasteiger partial charge in [-0.25, -0.2) is 4.98 Å². The van der Waals surface area contributed by atoms with Crippen LogP contribution in [-0.4, -0.2) is 26.7 Å². The van der Waals surface area contributed by atoms with Gasteiger partial charge in [0, 0.05) is 16.1 Å². The van der Waals surface area contributed by atoms with E-state index < -0.39 is 0 Å². The number of H-pyrrole nitrogens is 2. The SMILES string of the molecule is Cc1[nH]ncc1-c1cc2nc(C3CCCN3)[nH]c(=O)c2s1. The van der Waals surface area contributed by atoms with Gasteiger partial charge in [0.15, 0.2) is 0 Å². The number of aromatic amines is 2. The molecule has 0 saturated carbocycles. The topological polar surface area (TPSA) is 86.5 Å². The summed E-state index contributed by atoms with van der Waals surface area (Å²) < 4.78 is 0.673. The molecule has 0 bridgehead atoms. The molecule has 1 atom stereocenters. The smallest absolute Gasteiger partial charge is 0.268 e. The van der Waals surface area contributed by atoms with E-state index in [1.807, 2.05) is 13.0 Å². The number of hydrogen-bond acceptors (Lipinski definition) is 5. The number of rotatable bonds is 2. The molecule has 7 heteroatoms. The maximum Gasteiger partial charge on any atom is 0.268 e. The Morgan fingerprint density at radius 3 is 3.05 bits per heavy atom. The molecule has 21 heavy (non-hydrogen) atoms. The van der Waals surface area contributed by atoms with Gasteiger partial charge in [-0.3, -0.25) is 9.89 Å². The molecule has 0 radical (unpaired) electrons. The first-order chi connectivity index (χ1) is 10.2. The molecule has 4 rings (SSSR count). The second-order valence-corrected chi connectivity index (χ2v) is 6.39. The van der Waals surface area contributed by atoms with Crippen LogP contribution in [-0.2, 0) is 0 Å². The lowest BCUT2D eigenvalue weighted by Gasteiger charge is -2.08. The minimum Gasteiger partial charge on any atom is -0.308 e. The van der Waals surface area contributed by atoms with E-state index in [9.17, 15) is 4.79 Å². The van der Waals surface area contributed by atoms with Crippen molar-refractivity contribution in [3.8, 4) is 10.4 Å². The van der Waals surface area contributed by atoms with Crippen molar-refractivity contribution in [2.75, 3.05) is 6.54 Å². The molecule has 0 spiro atoms. The lowest BCUT2D eigenvalue weighted by Crippen LogP contribution is -2.20. The van der Waals surface area contributed by atoms with Crippen molar-refractivity contribution in [3.05, 3.63) is 34.1 Å². The third-order valence-electron chi connectivity index (χ3n) is 3.89. The van der Waals surface area contributed by atoms with Crippen molar-refractivity contribution in [2.24, 2.45) is 0 Å². The molecule has 1 fully saturated rings. The Bertz CT molecular complexity index is 856. The molecule has 3 aromatic rings. The predicted molar refractivity (Wildman–Crippen MR) is 82.5 cm³/mol. The number of nitrogens with one attached hydrogen (secondary N) is 3. The third-order valence-corrected chi connectivity index (χ3v) is 5.04. The minimum atomic E-state index is -0.0545. The molecule has 1 saturated heterocycles. The van der Waals surface area contributed by atoms with E-state index >= 15 is 0 Å². The predicted octanol–water partition coefficient (Wildman–Crippen LogP) is 2.11. The van der Waals surface area contributed by atoms with Crippen LogP contribution < -0.4 is 10.9 Å². The van der Waals surface area contributed by atoms with Crippen LogP contribution in [0.2, 0.25) is 0 Å². The molecule has 4 heterocycles. The summed E-state index contributed by atoms with van der Waals surface area (Å²) >= 11 is 1.46. The molecular weight excluding hydrogens is 286 g/mol. The zero-order valence-corrected chi connectivity index (χ0v) is 12.4. The second kappa shape index (κ2) is 4.78. The summed E-state index contributed by atoms with van der Waals surface area (Å²) in [5.74, 6) is 0.748. The number of thiophene rings is 1. The Morgan fingerprint density at radius 1 is 1.43 bits per heavy atom. The normalized spacial score (nSPS) is 18.6. The van der Waals surface area contributed by atoms with Crippen molar-refractivity contribution in [3.63, 3.8) is 0 Å². The van der Waals surface area contributed by atoms with Gasteiger partial charge in [-0.2, -0.15) is 5.10 Å². The zero-order valence-electron chi connectivity index (χ0n) is 11.6. The molecule has 0 amide bonds. The van der Waals surface area contributed by atoms with Crippen LogP contribution in [0, 0.1) is 6.92 Å². The fourth-order valence-electron chi connectivity index (χ4n) is 2.77. The molecule has 3 aromatic heterocycles. The summed E-state index contributed by atoms with van der Waals surface area (Å²) in [4.78, 5) is 20.9. The van der Waals surface area contributed by atoms with Crippen molar-refractivity contribution >= 4 is 21.6 Å². The molecule has 1 aliphatic heterocycles. The Labute approximate surface area is 124 Å². The first-order valence-corrected chi connectivity index (χ1v) is 7.81. The summed E-state index contributed by atoms with van der Waals surface area (Å²) in [5.41, 5.74) is 2.73. The van der Waals surface area contributed by atoms with E-state index in [0.717, 1.165) is 46.9 Å². The van der Waals surface area contributed by atoms with Gasteiger partial charge in [0.2, 0.25) is 0 Å². The average Bonchev–Trinajstić information content (AvgIpc) is 3.17. The highest BCUT2D eigenvalue weighted by atomic mass is 32.1. The van der Waals surface area contributed by atoms with E-state index in [2.05, 4.69) is 25.5 Å². The van der Waals surface area contributed by atoms with E-state index in [4.69, 9.17) is 0 Å². The molecule has 0 aliphatic carbocycles. The van der Waals surface area contributed by atoms with E-state index in [-0.39, 0.29) is 11.6 Å². The molecule has 0 aromatic carbocycles. The van der Waals surface area contributed by atoms with E-state index in [1.54, 1.807) is 6.20 Å². The second-order valence-electron chi connectivity index (χ2n) is 5.33.